The maximum absolute atomic E-state index is 12.7. The fourth-order valence-corrected chi connectivity index (χ4v) is 4.15. The van der Waals surface area contributed by atoms with E-state index in [1.807, 2.05) is 35.2 Å². The minimum atomic E-state index is -0.0444. The van der Waals surface area contributed by atoms with E-state index in [1.54, 1.807) is 6.07 Å². The zero-order valence-electron chi connectivity index (χ0n) is 15.3. The van der Waals surface area contributed by atoms with Crippen molar-refractivity contribution in [2.24, 2.45) is 5.92 Å². The highest BCUT2D eigenvalue weighted by Crippen LogP contribution is 2.25. The molecule has 1 saturated heterocycles. The molecular formula is C21H27N3O2. The topological polar surface area (TPSA) is 49.6 Å². The molecule has 0 bridgehead atoms. The molecule has 5 nitrogen and oxygen atoms in total. The van der Waals surface area contributed by atoms with E-state index in [-0.39, 0.29) is 5.91 Å². The molecule has 0 unspecified atom stereocenters. The number of rotatable bonds is 4. The van der Waals surface area contributed by atoms with E-state index >= 15 is 0 Å². The summed E-state index contributed by atoms with van der Waals surface area (Å²) in [4.78, 5) is 17.1. The van der Waals surface area contributed by atoms with E-state index in [9.17, 15) is 4.79 Å². The standard InChI is InChI=1S/C21H27N3O2/c25-21(20-15-19(22-26-20)18-9-5-2-6-10-18)24-13-11-23(12-14-24)16-17-7-3-1-4-8-17/h2,5-6,9-10,15,17H,1,3-4,7-8,11-14,16H2. The van der Waals surface area contributed by atoms with Crippen LogP contribution in [0.25, 0.3) is 11.3 Å². The molecule has 0 atom stereocenters. The zero-order chi connectivity index (χ0) is 17.8. The van der Waals surface area contributed by atoms with Gasteiger partial charge in [-0.3, -0.25) is 9.69 Å². The van der Waals surface area contributed by atoms with Crippen LogP contribution < -0.4 is 0 Å². The zero-order valence-corrected chi connectivity index (χ0v) is 15.3. The number of nitrogens with zero attached hydrogens (tertiary/aromatic N) is 3. The van der Waals surface area contributed by atoms with Gasteiger partial charge in [0.2, 0.25) is 5.76 Å². The van der Waals surface area contributed by atoms with E-state index in [4.69, 9.17) is 4.52 Å². The first-order valence-electron chi connectivity index (χ1n) is 9.83. The Hall–Kier alpha value is -2.14. The normalized spacial score (nSPS) is 19.6. The maximum atomic E-state index is 12.7. The van der Waals surface area contributed by atoms with E-state index in [0.29, 0.717) is 11.5 Å². The van der Waals surface area contributed by atoms with E-state index in [1.165, 1.54) is 38.6 Å². The third kappa shape index (κ3) is 3.98. The Morgan fingerprint density at radius 3 is 2.50 bits per heavy atom. The smallest absolute Gasteiger partial charge is 0.292 e. The molecule has 26 heavy (non-hydrogen) atoms. The van der Waals surface area contributed by atoms with Crippen molar-refractivity contribution >= 4 is 5.91 Å². The van der Waals surface area contributed by atoms with Crippen molar-refractivity contribution in [1.82, 2.24) is 15.0 Å². The summed E-state index contributed by atoms with van der Waals surface area (Å²) in [7, 11) is 0. The molecule has 1 aromatic heterocycles. The number of piperazine rings is 1. The molecule has 2 fully saturated rings. The molecule has 5 heteroatoms. The third-order valence-electron chi connectivity index (χ3n) is 5.69. The van der Waals surface area contributed by atoms with Crippen LogP contribution in [0.5, 0.6) is 0 Å². The molecule has 4 rings (SSSR count). The number of hydrogen-bond donors (Lipinski definition) is 0. The molecule has 0 spiro atoms. The van der Waals surface area contributed by atoms with Gasteiger partial charge in [-0.15, -0.1) is 0 Å². The molecular weight excluding hydrogens is 326 g/mol. The van der Waals surface area contributed by atoms with Crippen molar-refractivity contribution in [3.63, 3.8) is 0 Å². The Kier molecular flexibility index (Phi) is 5.34. The minimum Gasteiger partial charge on any atom is -0.350 e. The third-order valence-corrected chi connectivity index (χ3v) is 5.69. The molecule has 1 aliphatic carbocycles. The summed E-state index contributed by atoms with van der Waals surface area (Å²) in [6, 6.07) is 11.6. The predicted octanol–water partition coefficient (Wildman–Crippen LogP) is 3.68. The molecule has 0 radical (unpaired) electrons. The lowest BCUT2D eigenvalue weighted by Gasteiger charge is -2.36. The number of amides is 1. The Balaban J connectivity index is 1.31. The summed E-state index contributed by atoms with van der Waals surface area (Å²) < 4.78 is 5.33. The molecule has 2 aromatic rings. The van der Waals surface area contributed by atoms with Gasteiger partial charge in [-0.25, -0.2) is 0 Å². The maximum Gasteiger partial charge on any atom is 0.292 e. The lowest BCUT2D eigenvalue weighted by atomic mass is 9.89. The van der Waals surface area contributed by atoms with Crippen molar-refractivity contribution in [3.8, 4) is 11.3 Å². The van der Waals surface area contributed by atoms with Crippen LogP contribution in [0.1, 0.15) is 42.7 Å². The van der Waals surface area contributed by atoms with Gasteiger partial charge in [0, 0.05) is 44.4 Å². The van der Waals surface area contributed by atoms with Gasteiger partial charge >= 0.3 is 0 Å². The highest BCUT2D eigenvalue weighted by atomic mass is 16.5. The van der Waals surface area contributed by atoms with Crippen LogP contribution in [0.15, 0.2) is 40.9 Å². The molecule has 0 N–H and O–H groups in total. The largest absolute Gasteiger partial charge is 0.350 e. The van der Waals surface area contributed by atoms with E-state index in [2.05, 4.69) is 10.1 Å². The van der Waals surface area contributed by atoms with Crippen molar-refractivity contribution in [1.29, 1.82) is 0 Å². The SMILES string of the molecule is O=C(c1cc(-c2ccccc2)no1)N1CCN(CC2CCCCC2)CC1. The summed E-state index contributed by atoms with van der Waals surface area (Å²) in [5, 5.41) is 4.06. The fourth-order valence-electron chi connectivity index (χ4n) is 4.15. The molecule has 1 amide bonds. The molecule has 2 aliphatic rings. The number of hydrogen-bond acceptors (Lipinski definition) is 4. The Morgan fingerprint density at radius 2 is 1.77 bits per heavy atom. The Labute approximate surface area is 155 Å². The second-order valence-corrected chi connectivity index (χ2v) is 7.54. The highest BCUT2D eigenvalue weighted by Gasteiger charge is 2.26. The van der Waals surface area contributed by atoms with Gasteiger partial charge in [-0.1, -0.05) is 54.8 Å². The van der Waals surface area contributed by atoms with Crippen molar-refractivity contribution in [3.05, 3.63) is 42.2 Å². The molecule has 2 heterocycles. The second-order valence-electron chi connectivity index (χ2n) is 7.54. The van der Waals surface area contributed by atoms with Crippen molar-refractivity contribution < 1.29 is 9.32 Å². The summed E-state index contributed by atoms with van der Waals surface area (Å²) >= 11 is 0. The van der Waals surface area contributed by atoms with Crippen LogP contribution >= 0.6 is 0 Å². The first kappa shape index (κ1) is 17.3. The van der Waals surface area contributed by atoms with Crippen molar-refractivity contribution in [2.75, 3.05) is 32.7 Å². The quantitative estimate of drug-likeness (QED) is 0.841. The minimum absolute atomic E-state index is 0.0444. The number of aromatic nitrogens is 1. The van der Waals surface area contributed by atoms with Crippen LogP contribution in [0.2, 0.25) is 0 Å². The average Bonchev–Trinajstić information content (AvgIpc) is 3.20. The average molecular weight is 353 g/mol. The second kappa shape index (κ2) is 8.04. The summed E-state index contributed by atoms with van der Waals surface area (Å²) in [6.07, 6.45) is 6.93. The summed E-state index contributed by atoms with van der Waals surface area (Å²) in [6.45, 7) is 4.66. The summed E-state index contributed by atoms with van der Waals surface area (Å²) in [5.74, 6) is 1.15. The number of carbonyl (C=O) groups is 1. The Bertz CT molecular complexity index is 714. The van der Waals surface area contributed by atoms with Gasteiger partial charge in [0.15, 0.2) is 0 Å². The van der Waals surface area contributed by atoms with Gasteiger partial charge in [0.1, 0.15) is 5.69 Å². The monoisotopic (exact) mass is 353 g/mol. The molecule has 138 valence electrons. The molecule has 1 saturated carbocycles. The molecule has 1 aromatic carbocycles. The van der Waals surface area contributed by atoms with Gasteiger partial charge in [-0.2, -0.15) is 0 Å². The van der Waals surface area contributed by atoms with Gasteiger partial charge in [0.25, 0.3) is 5.91 Å². The van der Waals surface area contributed by atoms with E-state index in [0.717, 1.165) is 37.7 Å². The number of benzene rings is 1. The Morgan fingerprint density at radius 1 is 1.04 bits per heavy atom. The number of carbonyl (C=O) groups excluding carboxylic acids is 1. The van der Waals surface area contributed by atoms with Crippen LogP contribution in [0.4, 0.5) is 0 Å². The fraction of sp³-hybridized carbons (Fsp3) is 0.524. The van der Waals surface area contributed by atoms with Gasteiger partial charge in [-0.05, 0) is 18.8 Å². The van der Waals surface area contributed by atoms with Gasteiger partial charge < -0.3 is 9.42 Å². The van der Waals surface area contributed by atoms with Crippen molar-refractivity contribution in [2.45, 2.75) is 32.1 Å². The summed E-state index contributed by atoms with van der Waals surface area (Å²) in [5.41, 5.74) is 1.68. The van der Waals surface area contributed by atoms with Crippen LogP contribution in [0.3, 0.4) is 0 Å². The molecule has 1 aliphatic heterocycles. The predicted molar refractivity (Wildman–Crippen MR) is 101 cm³/mol. The first-order chi connectivity index (χ1) is 12.8. The van der Waals surface area contributed by atoms with Gasteiger partial charge in [0.05, 0.1) is 0 Å². The first-order valence-corrected chi connectivity index (χ1v) is 9.83. The van der Waals surface area contributed by atoms with Crippen LogP contribution in [0, 0.1) is 5.92 Å². The van der Waals surface area contributed by atoms with Crippen LogP contribution in [-0.2, 0) is 0 Å². The lowest BCUT2D eigenvalue weighted by Crippen LogP contribution is -2.49. The highest BCUT2D eigenvalue weighted by molar-refractivity contribution is 5.92. The van der Waals surface area contributed by atoms with E-state index < -0.39 is 0 Å². The van der Waals surface area contributed by atoms with Crippen LogP contribution in [-0.4, -0.2) is 53.6 Å². The lowest BCUT2D eigenvalue weighted by molar-refractivity contribution is 0.0568.